The van der Waals surface area contributed by atoms with Crippen molar-refractivity contribution in [2.45, 2.75) is 19.8 Å². The van der Waals surface area contributed by atoms with Crippen molar-refractivity contribution in [2.24, 2.45) is 5.41 Å². The normalized spacial score (nSPS) is 19.2. The lowest BCUT2D eigenvalue weighted by atomic mass is 10.1. The smallest absolute Gasteiger partial charge is 0.240 e. The molecule has 0 heterocycles. The number of carbonyl (C=O) groups is 1. The summed E-state index contributed by atoms with van der Waals surface area (Å²) >= 11 is 0. The van der Waals surface area contributed by atoms with Crippen LogP contribution in [0.5, 0.6) is 0 Å². The van der Waals surface area contributed by atoms with Gasteiger partial charge < -0.3 is 5.32 Å². The summed E-state index contributed by atoms with van der Waals surface area (Å²) < 4.78 is 0. The molecule has 1 N–H and O–H groups in total. The van der Waals surface area contributed by atoms with E-state index < -0.39 is 5.41 Å². The van der Waals surface area contributed by atoms with Gasteiger partial charge in [0, 0.05) is 6.54 Å². The van der Waals surface area contributed by atoms with E-state index in [9.17, 15) is 4.79 Å². The van der Waals surface area contributed by atoms with Gasteiger partial charge in [-0.15, -0.1) is 0 Å². The Hall–Kier alpha value is -1.04. The van der Waals surface area contributed by atoms with E-state index in [1.165, 1.54) is 0 Å². The molecule has 1 fully saturated rings. The maximum absolute atomic E-state index is 11.0. The third-order valence-corrected chi connectivity index (χ3v) is 1.74. The third kappa shape index (κ3) is 0.971. The second-order valence-electron chi connectivity index (χ2n) is 2.55. The summed E-state index contributed by atoms with van der Waals surface area (Å²) in [7, 11) is 0. The molecule has 3 heteroatoms. The predicted octanol–water partition coefficient (Wildman–Crippen LogP) is 0.426. The number of hydrogen-bond donors (Lipinski definition) is 1. The average molecular weight is 138 g/mol. The Morgan fingerprint density at radius 3 is 2.70 bits per heavy atom. The van der Waals surface area contributed by atoms with Gasteiger partial charge >= 0.3 is 0 Å². The first-order valence-electron chi connectivity index (χ1n) is 3.45. The van der Waals surface area contributed by atoms with Crippen molar-refractivity contribution in [3.05, 3.63) is 0 Å². The molecule has 0 bridgehead atoms. The van der Waals surface area contributed by atoms with E-state index in [0.29, 0.717) is 6.54 Å². The van der Waals surface area contributed by atoms with Crippen LogP contribution in [-0.4, -0.2) is 12.5 Å². The molecule has 0 aromatic rings. The van der Waals surface area contributed by atoms with Gasteiger partial charge in [-0.05, 0) is 19.8 Å². The molecule has 10 heavy (non-hydrogen) atoms. The van der Waals surface area contributed by atoms with E-state index in [1.54, 1.807) is 0 Å². The lowest BCUT2D eigenvalue weighted by Crippen LogP contribution is -2.30. The van der Waals surface area contributed by atoms with E-state index in [4.69, 9.17) is 5.26 Å². The Balaban J connectivity index is 2.50. The Morgan fingerprint density at radius 1 is 1.80 bits per heavy atom. The van der Waals surface area contributed by atoms with Crippen LogP contribution in [0.15, 0.2) is 0 Å². The second-order valence-corrected chi connectivity index (χ2v) is 2.55. The van der Waals surface area contributed by atoms with Crippen molar-refractivity contribution >= 4 is 5.91 Å². The van der Waals surface area contributed by atoms with Crippen LogP contribution in [0.1, 0.15) is 19.8 Å². The Morgan fingerprint density at radius 2 is 2.40 bits per heavy atom. The average Bonchev–Trinajstić information content (AvgIpc) is 2.68. The SMILES string of the molecule is CCNC(=O)C1(C#N)CC1. The zero-order valence-corrected chi connectivity index (χ0v) is 5.98. The van der Waals surface area contributed by atoms with Crippen LogP contribution in [0.4, 0.5) is 0 Å². The molecule has 1 amide bonds. The molecule has 3 nitrogen and oxygen atoms in total. The van der Waals surface area contributed by atoms with Gasteiger partial charge in [-0.1, -0.05) is 0 Å². The number of amides is 1. The minimum atomic E-state index is -0.643. The lowest BCUT2D eigenvalue weighted by molar-refractivity contribution is -0.124. The van der Waals surface area contributed by atoms with Gasteiger partial charge in [0.05, 0.1) is 6.07 Å². The fourth-order valence-corrected chi connectivity index (χ4v) is 0.844. The molecule has 0 aromatic carbocycles. The summed E-state index contributed by atoms with van der Waals surface area (Å²) in [5, 5.41) is 11.2. The minimum Gasteiger partial charge on any atom is -0.355 e. The highest BCUT2D eigenvalue weighted by Gasteiger charge is 2.50. The van der Waals surface area contributed by atoms with E-state index in [-0.39, 0.29) is 5.91 Å². The van der Waals surface area contributed by atoms with Crippen molar-refractivity contribution in [2.75, 3.05) is 6.54 Å². The molecule has 0 atom stereocenters. The minimum absolute atomic E-state index is 0.0995. The van der Waals surface area contributed by atoms with Crippen molar-refractivity contribution in [1.82, 2.24) is 5.32 Å². The standard InChI is InChI=1S/C7H10N2O/c1-2-9-6(10)7(5-8)3-4-7/h2-4H2,1H3,(H,9,10). The third-order valence-electron chi connectivity index (χ3n) is 1.74. The Kier molecular flexibility index (Phi) is 1.62. The molecule has 54 valence electrons. The van der Waals surface area contributed by atoms with Crippen LogP contribution < -0.4 is 5.32 Å². The van der Waals surface area contributed by atoms with E-state index >= 15 is 0 Å². The van der Waals surface area contributed by atoms with Crippen molar-refractivity contribution in [3.63, 3.8) is 0 Å². The summed E-state index contributed by atoms with van der Waals surface area (Å²) in [6, 6.07) is 2.02. The van der Waals surface area contributed by atoms with Gasteiger partial charge in [0.25, 0.3) is 0 Å². The molecular formula is C7H10N2O. The van der Waals surface area contributed by atoms with Crippen LogP contribution in [-0.2, 0) is 4.79 Å². The number of rotatable bonds is 2. The number of hydrogen-bond acceptors (Lipinski definition) is 2. The van der Waals surface area contributed by atoms with Crippen LogP contribution >= 0.6 is 0 Å². The fraction of sp³-hybridized carbons (Fsp3) is 0.714. The molecule has 1 saturated carbocycles. The summed E-state index contributed by atoms with van der Waals surface area (Å²) in [6.45, 7) is 2.47. The molecule has 0 spiro atoms. The van der Waals surface area contributed by atoms with E-state index in [0.717, 1.165) is 12.8 Å². The number of nitrogens with one attached hydrogen (secondary N) is 1. The first-order chi connectivity index (χ1) is 4.75. The van der Waals surface area contributed by atoms with Gasteiger partial charge in [0.2, 0.25) is 5.91 Å². The largest absolute Gasteiger partial charge is 0.355 e. The lowest BCUT2D eigenvalue weighted by Gasteiger charge is -2.03. The van der Waals surface area contributed by atoms with Crippen LogP contribution in [0, 0.1) is 16.7 Å². The van der Waals surface area contributed by atoms with E-state index in [2.05, 4.69) is 5.32 Å². The highest BCUT2D eigenvalue weighted by Crippen LogP contribution is 2.44. The zero-order chi connectivity index (χ0) is 7.61. The molecule has 1 aliphatic rings. The molecule has 0 radical (unpaired) electrons. The second kappa shape index (κ2) is 2.30. The summed E-state index contributed by atoms with van der Waals surface area (Å²) in [5.74, 6) is -0.0995. The first-order valence-corrected chi connectivity index (χ1v) is 3.45. The Labute approximate surface area is 60.0 Å². The van der Waals surface area contributed by atoms with Gasteiger partial charge in [-0.3, -0.25) is 4.79 Å². The Bertz CT molecular complexity index is 188. The van der Waals surface area contributed by atoms with Crippen molar-refractivity contribution in [3.8, 4) is 6.07 Å². The quantitative estimate of drug-likeness (QED) is 0.601. The van der Waals surface area contributed by atoms with Crippen LogP contribution in [0.2, 0.25) is 0 Å². The molecule has 0 aromatic heterocycles. The van der Waals surface area contributed by atoms with Gasteiger partial charge in [-0.25, -0.2) is 0 Å². The number of nitrogens with zero attached hydrogens (tertiary/aromatic N) is 1. The first kappa shape index (κ1) is 7.07. The number of nitriles is 1. The van der Waals surface area contributed by atoms with Gasteiger partial charge in [0.15, 0.2) is 0 Å². The topological polar surface area (TPSA) is 52.9 Å². The molecule has 0 saturated heterocycles. The summed E-state index contributed by atoms with van der Waals surface area (Å²) in [4.78, 5) is 11.0. The highest BCUT2D eigenvalue weighted by atomic mass is 16.2. The predicted molar refractivity (Wildman–Crippen MR) is 36.0 cm³/mol. The van der Waals surface area contributed by atoms with Crippen molar-refractivity contribution in [1.29, 1.82) is 5.26 Å². The molecule has 0 unspecified atom stereocenters. The van der Waals surface area contributed by atoms with Crippen molar-refractivity contribution < 1.29 is 4.79 Å². The molecule has 1 aliphatic carbocycles. The fourth-order valence-electron chi connectivity index (χ4n) is 0.844. The summed E-state index contributed by atoms with van der Waals surface area (Å²) in [6.07, 6.45) is 1.46. The van der Waals surface area contributed by atoms with Gasteiger partial charge in [0.1, 0.15) is 5.41 Å². The monoisotopic (exact) mass is 138 g/mol. The number of carbonyl (C=O) groups excluding carboxylic acids is 1. The zero-order valence-electron chi connectivity index (χ0n) is 5.98. The molecule has 1 rings (SSSR count). The maximum atomic E-state index is 11.0. The van der Waals surface area contributed by atoms with Gasteiger partial charge in [-0.2, -0.15) is 5.26 Å². The van der Waals surface area contributed by atoms with E-state index in [1.807, 2.05) is 13.0 Å². The molecular weight excluding hydrogens is 128 g/mol. The van der Waals surface area contributed by atoms with Crippen LogP contribution in [0.3, 0.4) is 0 Å². The van der Waals surface area contributed by atoms with Crippen LogP contribution in [0.25, 0.3) is 0 Å². The summed E-state index contributed by atoms with van der Waals surface area (Å²) in [5.41, 5.74) is -0.643. The molecule has 0 aliphatic heterocycles. The highest BCUT2D eigenvalue weighted by molar-refractivity contribution is 5.88. The maximum Gasteiger partial charge on any atom is 0.240 e.